The topological polar surface area (TPSA) is 115 Å². The predicted octanol–water partition coefficient (Wildman–Crippen LogP) is 9.05. The van der Waals surface area contributed by atoms with E-state index in [0.29, 0.717) is 30.6 Å². The summed E-state index contributed by atoms with van der Waals surface area (Å²) in [6.45, 7) is 18.6. The van der Waals surface area contributed by atoms with Crippen molar-refractivity contribution >= 4 is 6.29 Å². The monoisotopic (exact) mass is 733 g/mol. The predicted molar refractivity (Wildman–Crippen MR) is 213 cm³/mol. The van der Waals surface area contributed by atoms with E-state index < -0.39 is 18.5 Å². The summed E-state index contributed by atoms with van der Waals surface area (Å²) in [5, 5.41) is 31.2. The Morgan fingerprint density at radius 1 is 0.981 bits per heavy atom. The number of hydrogen-bond donors (Lipinski definition) is 3. The minimum Gasteiger partial charge on any atom is -0.493 e. The zero-order valence-corrected chi connectivity index (χ0v) is 34.5. The minimum absolute atomic E-state index is 0.00395. The molecule has 0 spiro atoms. The average Bonchev–Trinajstić information content (AvgIpc) is 3.11. The van der Waals surface area contributed by atoms with Crippen LogP contribution in [0.3, 0.4) is 0 Å². The van der Waals surface area contributed by atoms with Gasteiger partial charge in [-0.2, -0.15) is 0 Å². The first-order valence-electron chi connectivity index (χ1n) is 19.9. The van der Waals surface area contributed by atoms with E-state index in [9.17, 15) is 15.0 Å². The summed E-state index contributed by atoms with van der Waals surface area (Å²) in [5.41, 5.74) is 2.02. The summed E-state index contributed by atoms with van der Waals surface area (Å²) in [5.74, 6) is 0.814. The Morgan fingerprint density at radius 3 is 2.25 bits per heavy atom. The number of ether oxygens (including phenoxy) is 4. The first-order valence-corrected chi connectivity index (χ1v) is 19.9. The zero-order valence-electron chi connectivity index (χ0n) is 34.5. The number of aldehydes is 1. The highest BCUT2D eigenvalue weighted by molar-refractivity contribution is 5.71. The molecule has 2 saturated heterocycles. The number of aliphatic hydroxyl groups is 3. The Kier molecular flexibility index (Phi) is 24.6. The van der Waals surface area contributed by atoms with Gasteiger partial charge in [0.2, 0.25) is 0 Å². The number of aliphatic hydroxyl groups excluding tert-OH is 3. The van der Waals surface area contributed by atoms with Gasteiger partial charge in [-0.1, -0.05) is 82.2 Å². The molecule has 3 N–H and O–H groups in total. The second-order valence-electron chi connectivity index (χ2n) is 15.5. The van der Waals surface area contributed by atoms with Gasteiger partial charge in [0, 0.05) is 18.9 Å². The quantitative estimate of drug-likeness (QED) is 0.0374. The van der Waals surface area contributed by atoms with Gasteiger partial charge in [0.15, 0.2) is 18.3 Å². The van der Waals surface area contributed by atoms with Gasteiger partial charge in [-0.25, -0.2) is 0 Å². The summed E-state index contributed by atoms with van der Waals surface area (Å²) in [6, 6.07) is 0. The fourth-order valence-electron chi connectivity index (χ4n) is 7.42. The van der Waals surface area contributed by atoms with Crippen molar-refractivity contribution in [2.75, 3.05) is 14.2 Å². The van der Waals surface area contributed by atoms with Crippen molar-refractivity contribution in [2.45, 2.75) is 169 Å². The van der Waals surface area contributed by atoms with Crippen LogP contribution in [-0.4, -0.2) is 78.7 Å². The fraction of sp³-hybridized carbons (Fsp3) is 0.750. The van der Waals surface area contributed by atoms with E-state index in [4.69, 9.17) is 24.1 Å². The molecule has 2 aliphatic heterocycles. The highest BCUT2D eigenvalue weighted by Crippen LogP contribution is 2.31. The van der Waals surface area contributed by atoms with Crippen LogP contribution in [-0.2, 0) is 23.7 Å². The first kappa shape index (κ1) is 48.0. The second-order valence-corrected chi connectivity index (χ2v) is 15.5. The largest absolute Gasteiger partial charge is 0.493 e. The summed E-state index contributed by atoms with van der Waals surface area (Å²) < 4.78 is 22.3. The van der Waals surface area contributed by atoms with Crippen molar-refractivity contribution in [3.8, 4) is 0 Å². The summed E-state index contributed by atoms with van der Waals surface area (Å²) in [7, 11) is 3.26. The molecule has 2 aliphatic rings. The molecule has 2 rings (SSSR count). The molecule has 0 aliphatic carbocycles. The Bertz CT molecular complexity index is 1120. The van der Waals surface area contributed by atoms with Gasteiger partial charge in [0.1, 0.15) is 0 Å². The van der Waals surface area contributed by atoms with E-state index in [1.165, 1.54) is 19.1 Å². The maximum Gasteiger partial charge on any atom is 0.184 e. The maximum atomic E-state index is 11.2. The van der Waals surface area contributed by atoms with Gasteiger partial charge in [0.05, 0.1) is 43.7 Å². The molecule has 0 aromatic carbocycles. The van der Waals surface area contributed by atoms with E-state index >= 15 is 0 Å². The van der Waals surface area contributed by atoms with Gasteiger partial charge in [-0.15, -0.1) is 0 Å². The van der Waals surface area contributed by atoms with E-state index in [-0.39, 0.29) is 41.8 Å². The Hall–Kier alpha value is -2.07. The number of allylic oxidation sites excluding steroid dienone is 7. The highest BCUT2D eigenvalue weighted by atomic mass is 16.6. The molecule has 0 aromatic rings. The van der Waals surface area contributed by atoms with E-state index in [1.807, 2.05) is 40.7 Å². The molecule has 2 heterocycles. The standard InChI is InChI=1S/C38H64O6.C6H12O2/c1-11-15-36-29(6)19-21-32(44-36)20-18-28(5)35(43-10)17-14-13-16-26(3)22-30(7)37(40)34(12-2)38(41)31(8)23-27(4)24-33(25-39)42-9;1-5-3-2-4-6(7)8-5/h11,13-16,23-25,28-32,34-38,40-41H,12,17-22H2,1-10H3;5-7H,2-4H2,1H3/b14-13+,15-11+,26-16+,27-23+,33-24-;/t28?,29?,30-,31?,32?,34+,35?,36-,37?,38?;/m1./s1. The van der Waals surface area contributed by atoms with Crippen molar-refractivity contribution in [3.63, 3.8) is 0 Å². The van der Waals surface area contributed by atoms with E-state index in [0.717, 1.165) is 56.9 Å². The first-order chi connectivity index (χ1) is 24.7. The van der Waals surface area contributed by atoms with Crippen molar-refractivity contribution < 1.29 is 39.1 Å². The molecule has 12 atom stereocenters. The Morgan fingerprint density at radius 2 is 1.69 bits per heavy atom. The van der Waals surface area contributed by atoms with Crippen molar-refractivity contribution in [1.29, 1.82) is 0 Å². The lowest BCUT2D eigenvalue weighted by atomic mass is 9.79. The number of methoxy groups -OCH3 is 2. The van der Waals surface area contributed by atoms with Crippen LogP contribution in [0.15, 0.2) is 59.4 Å². The number of hydrogen-bond acceptors (Lipinski definition) is 8. The zero-order chi connectivity index (χ0) is 39.2. The third-order valence-corrected chi connectivity index (χ3v) is 10.8. The number of carbonyl (C=O) groups excluding carboxylic acids is 1. The van der Waals surface area contributed by atoms with Gasteiger partial charge in [0.25, 0.3) is 0 Å². The van der Waals surface area contributed by atoms with Crippen LogP contribution in [0.4, 0.5) is 0 Å². The van der Waals surface area contributed by atoms with Crippen LogP contribution in [0.25, 0.3) is 0 Å². The lowest BCUT2D eigenvalue weighted by Gasteiger charge is -2.34. The highest BCUT2D eigenvalue weighted by Gasteiger charge is 2.32. The van der Waals surface area contributed by atoms with Crippen molar-refractivity contribution in [1.82, 2.24) is 0 Å². The molecular formula is C44H76O8. The molecule has 0 saturated carbocycles. The molecule has 0 aromatic heterocycles. The smallest absolute Gasteiger partial charge is 0.184 e. The fourth-order valence-corrected chi connectivity index (χ4v) is 7.42. The molecule has 300 valence electrons. The maximum absolute atomic E-state index is 11.2. The third kappa shape index (κ3) is 18.3. The van der Waals surface area contributed by atoms with Gasteiger partial charge < -0.3 is 34.3 Å². The molecule has 52 heavy (non-hydrogen) atoms. The molecular weight excluding hydrogens is 656 g/mol. The lowest BCUT2D eigenvalue weighted by Crippen LogP contribution is -2.38. The van der Waals surface area contributed by atoms with Crippen molar-refractivity contribution in [2.24, 2.45) is 29.6 Å². The lowest BCUT2D eigenvalue weighted by molar-refractivity contribution is -0.156. The second kappa shape index (κ2) is 26.7. The molecule has 9 unspecified atom stereocenters. The summed E-state index contributed by atoms with van der Waals surface area (Å²) >= 11 is 0. The molecule has 0 radical (unpaired) electrons. The minimum atomic E-state index is -0.706. The number of carbonyl (C=O) groups is 1. The summed E-state index contributed by atoms with van der Waals surface area (Å²) in [4.78, 5) is 11.0. The van der Waals surface area contributed by atoms with Crippen LogP contribution in [0.2, 0.25) is 0 Å². The van der Waals surface area contributed by atoms with E-state index in [2.05, 4.69) is 58.1 Å². The van der Waals surface area contributed by atoms with Crippen LogP contribution in [0.1, 0.15) is 127 Å². The molecule has 8 nitrogen and oxygen atoms in total. The average molecular weight is 733 g/mol. The molecule has 0 bridgehead atoms. The SMILES string of the molecule is C/C=C/[C@H]1OC(CCC(C)C(C/C=C/C=C(\C)C[C@@H](C)C(O)[C@H](CC)C(O)C(C)/C=C(C)/C=C(/C=O)OC)OC)CCC1C.CC1CCCC(O)O1. The molecule has 0 amide bonds. The molecule has 2 fully saturated rings. The van der Waals surface area contributed by atoms with Crippen LogP contribution >= 0.6 is 0 Å². The van der Waals surface area contributed by atoms with Crippen molar-refractivity contribution in [3.05, 3.63) is 59.4 Å². The normalized spacial score (nSPS) is 27.7. The van der Waals surface area contributed by atoms with Crippen LogP contribution < -0.4 is 0 Å². The van der Waals surface area contributed by atoms with E-state index in [1.54, 1.807) is 13.2 Å². The Balaban J connectivity index is 0.00000148. The third-order valence-electron chi connectivity index (χ3n) is 10.8. The molecule has 8 heteroatoms. The van der Waals surface area contributed by atoms with Crippen LogP contribution in [0, 0.1) is 29.6 Å². The summed E-state index contributed by atoms with van der Waals surface area (Å²) in [6.07, 6.45) is 23.9. The van der Waals surface area contributed by atoms with Crippen LogP contribution in [0.5, 0.6) is 0 Å². The number of rotatable bonds is 20. The van der Waals surface area contributed by atoms with Gasteiger partial charge in [-0.3, -0.25) is 4.79 Å². The van der Waals surface area contributed by atoms with Gasteiger partial charge in [-0.05, 0) is 116 Å². The Labute approximate surface area is 317 Å². The van der Waals surface area contributed by atoms with Gasteiger partial charge >= 0.3 is 0 Å².